The van der Waals surface area contributed by atoms with Crippen molar-refractivity contribution in [1.29, 1.82) is 0 Å². The van der Waals surface area contributed by atoms with Crippen LogP contribution in [0.5, 0.6) is 11.5 Å². The van der Waals surface area contributed by atoms with Crippen LogP contribution in [0, 0.1) is 11.8 Å². The molecule has 1 aromatic heterocycles. The van der Waals surface area contributed by atoms with Gasteiger partial charge in [-0.3, -0.25) is 9.69 Å². The molecule has 52 heavy (non-hydrogen) atoms. The predicted molar refractivity (Wildman–Crippen MR) is 206 cm³/mol. The first-order valence-electron chi connectivity index (χ1n) is 18.8. The summed E-state index contributed by atoms with van der Waals surface area (Å²) in [5, 5.41) is 35.8. The number of phenolic OH excluding ortho intramolecular Hbond substituents is 1. The molecule has 278 valence electrons. The van der Waals surface area contributed by atoms with Crippen LogP contribution in [0.15, 0.2) is 77.6 Å². The standard InChI is InChI=1S/C41H51ClN4O6/c42-38-32(40(33-27-45-23-20-28(33)21-24-45)46(41(50)51)29-12-7-6-8-13-29)14-11-15-36(38)52-25-10-5-3-1-2-4-9-22-43-26-35(48)30-16-18-34(47)39-31(30)17-19-37(49)44-39/h6-8,11-19,28,33,35,40,43,47-48H,1-5,9-10,20-27H2,(H,44,49)(H,50,51)/t33?,35-,40-/m0/s1. The largest absolute Gasteiger partial charge is 0.506 e. The van der Waals surface area contributed by atoms with Crippen LogP contribution in [0.3, 0.4) is 0 Å². The number of piperidine rings is 3. The molecule has 1 amide bonds. The van der Waals surface area contributed by atoms with E-state index in [2.05, 4.69) is 15.2 Å². The topological polar surface area (TPSA) is 138 Å². The van der Waals surface area contributed by atoms with Crippen LogP contribution in [-0.2, 0) is 0 Å². The normalized spacial score (nSPS) is 19.4. The first-order chi connectivity index (χ1) is 25.3. The lowest BCUT2D eigenvalue weighted by Gasteiger charge is -2.49. The molecule has 11 heteroatoms. The second-order valence-electron chi connectivity index (χ2n) is 14.2. The first kappa shape index (κ1) is 37.7. The molecule has 3 atom stereocenters. The molecule has 1 unspecified atom stereocenters. The Morgan fingerprint density at radius 3 is 2.37 bits per heavy atom. The number of phenols is 1. The Labute approximate surface area is 310 Å². The van der Waals surface area contributed by atoms with E-state index in [1.807, 2.05) is 48.5 Å². The van der Waals surface area contributed by atoms with Crippen molar-refractivity contribution in [2.75, 3.05) is 44.2 Å². The van der Waals surface area contributed by atoms with Crippen molar-refractivity contribution in [3.8, 4) is 11.5 Å². The monoisotopic (exact) mass is 730 g/mol. The van der Waals surface area contributed by atoms with Gasteiger partial charge in [0.1, 0.15) is 11.5 Å². The van der Waals surface area contributed by atoms with Gasteiger partial charge >= 0.3 is 6.09 Å². The van der Waals surface area contributed by atoms with Crippen molar-refractivity contribution in [3.63, 3.8) is 0 Å². The number of aliphatic hydroxyl groups excluding tert-OH is 1. The summed E-state index contributed by atoms with van der Waals surface area (Å²) >= 11 is 7.08. The number of ether oxygens (including phenoxy) is 1. The molecule has 0 saturated carbocycles. The van der Waals surface area contributed by atoms with Crippen LogP contribution in [0.1, 0.15) is 81.1 Å². The fraction of sp³-hybridized carbons (Fsp3) is 0.463. The van der Waals surface area contributed by atoms with Crippen molar-refractivity contribution in [2.24, 2.45) is 11.8 Å². The molecule has 3 saturated heterocycles. The summed E-state index contributed by atoms with van der Waals surface area (Å²) in [6.45, 7) is 4.73. The molecule has 10 nitrogen and oxygen atoms in total. The van der Waals surface area contributed by atoms with Crippen LogP contribution in [0.2, 0.25) is 5.02 Å². The van der Waals surface area contributed by atoms with E-state index >= 15 is 0 Å². The molecule has 7 rings (SSSR count). The average Bonchev–Trinajstić information content (AvgIpc) is 3.16. The molecule has 0 aliphatic carbocycles. The van der Waals surface area contributed by atoms with E-state index in [0.717, 1.165) is 89.5 Å². The van der Waals surface area contributed by atoms with E-state index in [0.29, 0.717) is 52.0 Å². The second kappa shape index (κ2) is 18.1. The molecular weight excluding hydrogens is 680 g/mol. The third-order valence-electron chi connectivity index (χ3n) is 10.8. The van der Waals surface area contributed by atoms with E-state index in [-0.39, 0.29) is 17.2 Å². The van der Waals surface area contributed by atoms with Gasteiger partial charge in [-0.25, -0.2) is 4.79 Å². The van der Waals surface area contributed by atoms with E-state index < -0.39 is 18.2 Å². The van der Waals surface area contributed by atoms with Crippen molar-refractivity contribution < 1.29 is 24.9 Å². The number of rotatable bonds is 18. The number of carboxylic acid groups (broad SMARTS) is 1. The molecule has 3 fully saturated rings. The lowest BCUT2D eigenvalue weighted by molar-refractivity contribution is 0.0358. The molecule has 4 aromatic rings. The number of halogens is 1. The summed E-state index contributed by atoms with van der Waals surface area (Å²) < 4.78 is 6.22. The number of H-pyrrole nitrogens is 1. The highest BCUT2D eigenvalue weighted by molar-refractivity contribution is 6.33. The SMILES string of the molecule is O=C(O)N(c1ccccc1)[C@@H](c1cccc(OCCCCCCCCCNC[C@H](O)c2ccc(O)c3[nH]c(=O)ccc23)c1Cl)C1CN2CCC1CC2. The van der Waals surface area contributed by atoms with Crippen molar-refractivity contribution in [3.05, 3.63) is 99.3 Å². The predicted octanol–water partition coefficient (Wildman–Crippen LogP) is 7.89. The van der Waals surface area contributed by atoms with Gasteiger partial charge < -0.3 is 35.3 Å². The first-order valence-corrected chi connectivity index (χ1v) is 19.1. The number of aliphatic hydroxyl groups is 1. The van der Waals surface area contributed by atoms with Gasteiger partial charge in [0.05, 0.1) is 29.3 Å². The number of aromatic hydroxyl groups is 1. The fourth-order valence-electron chi connectivity index (χ4n) is 8.09. The van der Waals surface area contributed by atoms with Gasteiger partial charge in [-0.2, -0.15) is 0 Å². The summed E-state index contributed by atoms with van der Waals surface area (Å²) in [6.07, 6.45) is 7.88. The molecular formula is C41H51ClN4O6. The Bertz CT molecular complexity index is 1830. The number of para-hydroxylation sites is 1. The highest BCUT2D eigenvalue weighted by Gasteiger charge is 2.44. The van der Waals surface area contributed by atoms with E-state index in [4.69, 9.17) is 16.3 Å². The molecule has 5 N–H and O–H groups in total. The van der Waals surface area contributed by atoms with E-state index in [9.17, 15) is 24.9 Å². The quantitative estimate of drug-likeness (QED) is 0.0652. The third kappa shape index (κ3) is 9.09. The van der Waals surface area contributed by atoms with Gasteiger partial charge in [0.2, 0.25) is 5.56 Å². The molecule has 0 spiro atoms. The van der Waals surface area contributed by atoms with Gasteiger partial charge in [-0.1, -0.05) is 80.1 Å². The number of pyridine rings is 1. The Hall–Kier alpha value is -4.09. The smallest absolute Gasteiger partial charge is 0.412 e. The van der Waals surface area contributed by atoms with Crippen LogP contribution in [-0.4, -0.2) is 70.6 Å². The van der Waals surface area contributed by atoms with Gasteiger partial charge in [0.25, 0.3) is 0 Å². The van der Waals surface area contributed by atoms with Gasteiger partial charge in [0.15, 0.2) is 0 Å². The molecule has 2 bridgehead atoms. The third-order valence-corrected chi connectivity index (χ3v) is 11.2. The molecule has 0 radical (unpaired) electrons. The number of benzene rings is 3. The zero-order chi connectivity index (χ0) is 36.5. The summed E-state index contributed by atoms with van der Waals surface area (Å²) in [5.74, 6) is 1.17. The minimum absolute atomic E-state index is 0.0167. The number of carbonyl (C=O) groups is 1. The Morgan fingerprint density at radius 2 is 1.65 bits per heavy atom. The molecule has 3 aliphatic heterocycles. The minimum Gasteiger partial charge on any atom is -0.506 e. The second-order valence-corrected chi connectivity index (χ2v) is 14.6. The van der Waals surface area contributed by atoms with Crippen molar-refractivity contribution in [1.82, 2.24) is 15.2 Å². The number of unbranched alkanes of at least 4 members (excludes halogenated alkanes) is 6. The molecule has 4 heterocycles. The van der Waals surface area contributed by atoms with Gasteiger partial charge in [-0.05, 0) is 98.6 Å². The number of aromatic nitrogens is 1. The summed E-state index contributed by atoms with van der Waals surface area (Å²) in [5.41, 5.74) is 2.15. The van der Waals surface area contributed by atoms with Gasteiger partial charge in [-0.15, -0.1) is 0 Å². The minimum atomic E-state index is -0.982. The number of amides is 1. The number of anilines is 1. The number of nitrogens with one attached hydrogen (secondary N) is 2. The van der Waals surface area contributed by atoms with Crippen LogP contribution < -0.4 is 20.5 Å². The van der Waals surface area contributed by atoms with Gasteiger partial charge in [0, 0.05) is 30.2 Å². The number of hydrogen-bond acceptors (Lipinski definition) is 7. The van der Waals surface area contributed by atoms with E-state index in [1.54, 1.807) is 12.1 Å². The number of aromatic amines is 1. The number of fused-ring (bicyclic) bond motifs is 4. The summed E-state index contributed by atoms with van der Waals surface area (Å²) in [6, 6.07) is 20.9. The molecule has 3 aromatic carbocycles. The highest BCUT2D eigenvalue weighted by Crippen LogP contribution is 2.47. The van der Waals surface area contributed by atoms with Crippen molar-refractivity contribution in [2.45, 2.75) is 69.9 Å². The van der Waals surface area contributed by atoms with Crippen LogP contribution >= 0.6 is 11.6 Å². The van der Waals surface area contributed by atoms with E-state index in [1.165, 1.54) is 17.0 Å². The lowest BCUT2D eigenvalue weighted by Crippen LogP contribution is -2.53. The zero-order valence-corrected chi connectivity index (χ0v) is 30.4. The average molecular weight is 731 g/mol. The molecule has 3 aliphatic rings. The summed E-state index contributed by atoms with van der Waals surface area (Å²) in [4.78, 5) is 31.1. The summed E-state index contributed by atoms with van der Waals surface area (Å²) in [7, 11) is 0. The maximum Gasteiger partial charge on any atom is 0.412 e. The zero-order valence-electron chi connectivity index (χ0n) is 29.7. The lowest BCUT2D eigenvalue weighted by atomic mass is 9.73. The van der Waals surface area contributed by atoms with Crippen molar-refractivity contribution >= 4 is 34.3 Å². The Morgan fingerprint density at radius 1 is 0.923 bits per heavy atom. The number of nitrogens with zero attached hydrogens (tertiary/aromatic N) is 2. The highest BCUT2D eigenvalue weighted by atomic mass is 35.5. The number of hydrogen-bond donors (Lipinski definition) is 5. The maximum atomic E-state index is 12.9. The Kier molecular flexibility index (Phi) is 13.1. The maximum absolute atomic E-state index is 12.9. The van der Waals surface area contributed by atoms with Crippen LogP contribution in [0.4, 0.5) is 10.5 Å². The fourth-order valence-corrected chi connectivity index (χ4v) is 8.38. The van der Waals surface area contributed by atoms with Crippen LogP contribution in [0.25, 0.3) is 10.9 Å². The Balaban J connectivity index is 0.928.